The van der Waals surface area contributed by atoms with E-state index in [1.807, 2.05) is 73.7 Å². The highest BCUT2D eigenvalue weighted by Crippen LogP contribution is 2.60. The van der Waals surface area contributed by atoms with Gasteiger partial charge < -0.3 is 19.9 Å². The lowest BCUT2D eigenvalue weighted by atomic mass is 9.51. The molecule has 2 bridgehead atoms. The SMILES string of the molecule is COc1cccc(C2CC3(C(=O)O)CCC2(NC(=O)c2c(C)c(-c4ccccc4)nc4ccc(Br)cc24)CC3)c1OC. The first-order valence-corrected chi connectivity index (χ1v) is 14.9. The number of aromatic nitrogens is 1. The summed E-state index contributed by atoms with van der Waals surface area (Å²) in [7, 11) is 3.18. The maximum atomic E-state index is 14.6. The number of hydrogen-bond donors (Lipinski definition) is 2. The van der Waals surface area contributed by atoms with Crippen LogP contribution in [0.25, 0.3) is 22.2 Å². The van der Waals surface area contributed by atoms with Crippen molar-refractivity contribution in [2.24, 2.45) is 5.41 Å². The summed E-state index contributed by atoms with van der Waals surface area (Å²) in [6, 6.07) is 21.4. The fourth-order valence-corrected chi connectivity index (χ4v) is 7.57. The Hall–Kier alpha value is -3.91. The number of benzene rings is 3. The Bertz CT molecular complexity index is 1700. The van der Waals surface area contributed by atoms with E-state index in [1.54, 1.807) is 14.2 Å². The summed E-state index contributed by atoms with van der Waals surface area (Å²) < 4.78 is 12.3. The molecule has 3 aliphatic carbocycles. The van der Waals surface area contributed by atoms with Gasteiger partial charge in [0.2, 0.25) is 0 Å². The van der Waals surface area contributed by atoms with Crippen LogP contribution in [-0.4, -0.2) is 41.7 Å². The fourth-order valence-electron chi connectivity index (χ4n) is 7.21. The second-order valence-corrected chi connectivity index (χ2v) is 12.4. The summed E-state index contributed by atoms with van der Waals surface area (Å²) >= 11 is 3.58. The summed E-state index contributed by atoms with van der Waals surface area (Å²) in [6.45, 7) is 1.95. The maximum Gasteiger partial charge on any atom is 0.309 e. The van der Waals surface area contributed by atoms with E-state index in [0.29, 0.717) is 49.2 Å². The van der Waals surface area contributed by atoms with Crippen molar-refractivity contribution in [3.8, 4) is 22.8 Å². The number of carbonyl (C=O) groups is 2. The van der Waals surface area contributed by atoms with E-state index in [4.69, 9.17) is 14.5 Å². The van der Waals surface area contributed by atoms with Gasteiger partial charge >= 0.3 is 5.97 Å². The topological polar surface area (TPSA) is 97.8 Å². The van der Waals surface area contributed by atoms with Crippen LogP contribution in [0.1, 0.15) is 59.5 Å². The molecule has 1 atom stereocenters. The molecule has 8 heteroatoms. The first kappa shape index (κ1) is 28.2. The van der Waals surface area contributed by atoms with Crippen molar-refractivity contribution in [2.45, 2.75) is 50.5 Å². The van der Waals surface area contributed by atoms with Gasteiger partial charge in [0.15, 0.2) is 11.5 Å². The predicted molar refractivity (Wildman–Crippen MR) is 165 cm³/mol. The zero-order valence-corrected chi connectivity index (χ0v) is 25.5. The zero-order valence-electron chi connectivity index (χ0n) is 23.9. The van der Waals surface area contributed by atoms with Gasteiger partial charge in [0.05, 0.1) is 36.4 Å². The molecule has 1 unspecified atom stereocenters. The number of para-hydroxylation sites is 1. The van der Waals surface area contributed by atoms with Crippen molar-refractivity contribution in [3.05, 3.63) is 87.9 Å². The van der Waals surface area contributed by atoms with Crippen LogP contribution in [0, 0.1) is 12.3 Å². The minimum Gasteiger partial charge on any atom is -0.493 e. The molecule has 3 aliphatic rings. The van der Waals surface area contributed by atoms with Crippen LogP contribution in [0.5, 0.6) is 11.5 Å². The molecule has 1 aromatic heterocycles. The lowest BCUT2D eigenvalue weighted by molar-refractivity contribution is -0.157. The van der Waals surface area contributed by atoms with Gasteiger partial charge in [0.25, 0.3) is 5.91 Å². The maximum absolute atomic E-state index is 14.6. The van der Waals surface area contributed by atoms with Crippen molar-refractivity contribution < 1.29 is 24.2 Å². The quantitative estimate of drug-likeness (QED) is 0.223. The standard InChI is InChI=1S/C34H33BrN2O5/c1-20-28(24-18-22(35)12-13-26(24)36-29(20)21-8-5-4-6-9-21)31(38)37-34-16-14-33(15-17-34,32(39)40)19-25(34)23-10-7-11-27(41-2)30(23)42-3/h4-13,18,25H,14-17,19H2,1-3H3,(H,37,38)(H,39,40). The molecule has 7 nitrogen and oxygen atoms in total. The molecule has 0 spiro atoms. The Morgan fingerprint density at radius 2 is 1.71 bits per heavy atom. The van der Waals surface area contributed by atoms with E-state index < -0.39 is 16.9 Å². The molecule has 42 heavy (non-hydrogen) atoms. The Labute approximate surface area is 253 Å². The Kier molecular flexibility index (Phi) is 7.21. The third kappa shape index (κ3) is 4.53. The molecule has 3 saturated carbocycles. The van der Waals surface area contributed by atoms with Crippen molar-refractivity contribution in [1.29, 1.82) is 0 Å². The summed E-state index contributed by atoms with van der Waals surface area (Å²) in [5.74, 6) is -0.0870. The van der Waals surface area contributed by atoms with Crippen molar-refractivity contribution in [3.63, 3.8) is 0 Å². The van der Waals surface area contributed by atoms with Gasteiger partial charge in [-0.3, -0.25) is 9.59 Å². The number of halogens is 1. The van der Waals surface area contributed by atoms with Gasteiger partial charge in [-0.05, 0) is 68.9 Å². The number of hydrogen-bond acceptors (Lipinski definition) is 5. The molecule has 2 N–H and O–H groups in total. The number of aliphatic carboxylic acids is 1. The van der Waals surface area contributed by atoms with Crippen LogP contribution in [0.4, 0.5) is 0 Å². The average Bonchev–Trinajstić information content (AvgIpc) is 3.01. The van der Waals surface area contributed by atoms with Gasteiger partial charge in [-0.15, -0.1) is 0 Å². The lowest BCUT2D eigenvalue weighted by Gasteiger charge is -2.56. The molecule has 7 rings (SSSR count). The predicted octanol–water partition coefficient (Wildman–Crippen LogP) is 7.29. The van der Waals surface area contributed by atoms with Crippen LogP contribution < -0.4 is 14.8 Å². The fraction of sp³-hybridized carbons (Fsp3) is 0.324. The van der Waals surface area contributed by atoms with E-state index >= 15 is 0 Å². The van der Waals surface area contributed by atoms with E-state index in [-0.39, 0.29) is 11.8 Å². The first-order chi connectivity index (χ1) is 20.2. The molecule has 216 valence electrons. The van der Waals surface area contributed by atoms with Gasteiger partial charge in [0.1, 0.15) is 0 Å². The average molecular weight is 630 g/mol. The summed E-state index contributed by atoms with van der Waals surface area (Å²) in [4.78, 5) is 32.1. The molecule has 4 aromatic rings. The molecule has 0 aliphatic heterocycles. The van der Waals surface area contributed by atoms with Gasteiger partial charge in [-0.25, -0.2) is 4.98 Å². The van der Waals surface area contributed by atoms with Crippen LogP contribution in [0.2, 0.25) is 0 Å². The number of nitrogens with one attached hydrogen (secondary N) is 1. The summed E-state index contributed by atoms with van der Waals surface area (Å²) in [5, 5.41) is 14.6. The van der Waals surface area contributed by atoms with Crippen LogP contribution in [-0.2, 0) is 4.79 Å². The van der Waals surface area contributed by atoms with E-state index in [2.05, 4.69) is 21.2 Å². The molecule has 0 radical (unpaired) electrons. The van der Waals surface area contributed by atoms with E-state index in [1.165, 1.54) is 0 Å². The second kappa shape index (κ2) is 10.7. The van der Waals surface area contributed by atoms with Crippen molar-refractivity contribution in [2.75, 3.05) is 14.2 Å². The molecule has 0 saturated heterocycles. The zero-order chi connectivity index (χ0) is 29.6. The van der Waals surface area contributed by atoms with Gasteiger partial charge in [-0.2, -0.15) is 0 Å². The Morgan fingerprint density at radius 1 is 0.976 bits per heavy atom. The number of carboxylic acid groups (broad SMARTS) is 1. The first-order valence-electron chi connectivity index (χ1n) is 14.1. The second-order valence-electron chi connectivity index (χ2n) is 11.5. The van der Waals surface area contributed by atoms with Crippen LogP contribution in [0.15, 0.2) is 71.2 Å². The number of rotatable bonds is 7. The number of carbonyl (C=O) groups excluding carboxylic acids is 1. The highest BCUT2D eigenvalue weighted by atomic mass is 79.9. The number of fused-ring (bicyclic) bond motifs is 4. The van der Waals surface area contributed by atoms with Crippen molar-refractivity contribution in [1.82, 2.24) is 10.3 Å². The Balaban J connectivity index is 1.49. The summed E-state index contributed by atoms with van der Waals surface area (Å²) in [6.07, 6.45) is 2.51. The molecule has 3 fully saturated rings. The number of amides is 1. The molecule has 1 amide bonds. The monoisotopic (exact) mass is 628 g/mol. The van der Waals surface area contributed by atoms with Crippen molar-refractivity contribution >= 4 is 38.7 Å². The van der Waals surface area contributed by atoms with E-state index in [0.717, 1.165) is 37.8 Å². The molecule has 1 heterocycles. The Morgan fingerprint density at radius 3 is 2.38 bits per heavy atom. The van der Waals surface area contributed by atoms with Crippen LogP contribution >= 0.6 is 15.9 Å². The number of ether oxygens (including phenoxy) is 2. The minimum absolute atomic E-state index is 0.188. The number of pyridine rings is 1. The molecule has 3 aromatic carbocycles. The number of carboxylic acids is 1. The lowest BCUT2D eigenvalue weighted by Crippen LogP contribution is -2.62. The van der Waals surface area contributed by atoms with Crippen LogP contribution in [0.3, 0.4) is 0 Å². The highest BCUT2D eigenvalue weighted by Gasteiger charge is 2.59. The molecular formula is C34H33BrN2O5. The van der Waals surface area contributed by atoms with Gasteiger partial charge in [-0.1, -0.05) is 58.4 Å². The minimum atomic E-state index is -0.837. The third-order valence-electron chi connectivity index (χ3n) is 9.45. The largest absolute Gasteiger partial charge is 0.493 e. The smallest absolute Gasteiger partial charge is 0.309 e. The van der Waals surface area contributed by atoms with E-state index in [9.17, 15) is 14.7 Å². The molecular weight excluding hydrogens is 596 g/mol. The highest BCUT2D eigenvalue weighted by molar-refractivity contribution is 9.10. The number of nitrogens with zero attached hydrogens (tertiary/aromatic N) is 1. The normalized spacial score (nSPS) is 23.0. The van der Waals surface area contributed by atoms with Gasteiger partial charge in [0, 0.05) is 32.4 Å². The number of methoxy groups -OCH3 is 2. The summed E-state index contributed by atoms with van der Waals surface area (Å²) in [5.41, 5.74) is 3.16. The third-order valence-corrected chi connectivity index (χ3v) is 9.94.